The first kappa shape index (κ1) is 21.9. The van der Waals surface area contributed by atoms with E-state index in [9.17, 15) is 14.4 Å². The van der Waals surface area contributed by atoms with Crippen molar-refractivity contribution in [2.45, 2.75) is 32.7 Å². The lowest BCUT2D eigenvalue weighted by Crippen LogP contribution is -2.36. The van der Waals surface area contributed by atoms with Crippen LogP contribution in [0.25, 0.3) is 0 Å². The molecule has 3 N–H and O–H groups in total. The number of ether oxygens (including phenoxy) is 1. The fourth-order valence-corrected chi connectivity index (χ4v) is 2.69. The quantitative estimate of drug-likeness (QED) is 0.448. The third kappa shape index (κ3) is 6.95. The van der Waals surface area contributed by atoms with Crippen molar-refractivity contribution in [3.8, 4) is 5.75 Å². The summed E-state index contributed by atoms with van der Waals surface area (Å²) in [6, 6.07) is 13.9. The van der Waals surface area contributed by atoms with E-state index in [1.807, 2.05) is 24.3 Å². The number of anilines is 1. The third-order valence-corrected chi connectivity index (χ3v) is 4.28. The molecule has 29 heavy (non-hydrogen) atoms. The Balaban J connectivity index is 1.97. The summed E-state index contributed by atoms with van der Waals surface area (Å²) in [7, 11) is 1.58. The van der Waals surface area contributed by atoms with Crippen LogP contribution in [-0.2, 0) is 16.1 Å². The van der Waals surface area contributed by atoms with Crippen LogP contribution in [0.5, 0.6) is 5.75 Å². The second-order valence-corrected chi connectivity index (χ2v) is 6.50. The van der Waals surface area contributed by atoms with Gasteiger partial charge in [0.1, 0.15) is 5.75 Å². The highest BCUT2D eigenvalue weighted by molar-refractivity contribution is 6.40. The van der Waals surface area contributed by atoms with Crippen molar-refractivity contribution in [3.63, 3.8) is 0 Å². The molecule has 2 aromatic carbocycles. The maximum absolute atomic E-state index is 12.6. The first-order chi connectivity index (χ1) is 14.0. The number of para-hydroxylation sites is 1. The molecule has 0 radical (unpaired) electrons. The topological polar surface area (TPSA) is 96.5 Å². The predicted molar refractivity (Wildman–Crippen MR) is 112 cm³/mol. The number of hydrogen-bond donors (Lipinski definition) is 3. The zero-order chi connectivity index (χ0) is 21.1. The third-order valence-electron chi connectivity index (χ3n) is 4.28. The van der Waals surface area contributed by atoms with Crippen molar-refractivity contribution in [2.75, 3.05) is 19.0 Å². The van der Waals surface area contributed by atoms with E-state index in [0.717, 1.165) is 24.8 Å². The number of hydrogen-bond acceptors (Lipinski definition) is 4. The lowest BCUT2D eigenvalue weighted by atomic mass is 10.1. The van der Waals surface area contributed by atoms with E-state index in [1.165, 1.54) is 0 Å². The Bertz CT molecular complexity index is 851. The number of amides is 3. The number of carbonyl (C=O) groups is 3. The van der Waals surface area contributed by atoms with Crippen molar-refractivity contribution in [1.29, 1.82) is 0 Å². The van der Waals surface area contributed by atoms with E-state index in [0.29, 0.717) is 18.8 Å². The Labute approximate surface area is 170 Å². The van der Waals surface area contributed by atoms with Crippen LogP contribution in [0.2, 0.25) is 0 Å². The zero-order valence-corrected chi connectivity index (χ0v) is 16.8. The molecule has 7 heteroatoms. The van der Waals surface area contributed by atoms with Crippen LogP contribution in [0.3, 0.4) is 0 Å². The number of unbranched alkanes of at least 4 members (excludes halogenated alkanes) is 2. The summed E-state index contributed by atoms with van der Waals surface area (Å²) < 4.78 is 5.17. The van der Waals surface area contributed by atoms with Crippen molar-refractivity contribution in [2.24, 2.45) is 0 Å². The molecule has 2 rings (SSSR count). The van der Waals surface area contributed by atoms with Gasteiger partial charge in [-0.3, -0.25) is 14.4 Å². The van der Waals surface area contributed by atoms with Gasteiger partial charge in [-0.15, -0.1) is 0 Å². The second kappa shape index (κ2) is 11.5. The monoisotopic (exact) mass is 397 g/mol. The average Bonchev–Trinajstić information content (AvgIpc) is 2.75. The van der Waals surface area contributed by atoms with E-state index >= 15 is 0 Å². The average molecular weight is 397 g/mol. The highest BCUT2D eigenvalue weighted by Gasteiger charge is 2.17. The smallest absolute Gasteiger partial charge is 0.313 e. The summed E-state index contributed by atoms with van der Waals surface area (Å²) in [5.74, 6) is -1.16. The standard InChI is InChI=1S/C22H27N3O4/c1-3-4-7-13-23-21(27)22(28)25-19-12-6-5-11-18(19)20(26)24-15-16-9-8-10-17(14-16)29-2/h5-6,8-12,14H,3-4,7,13,15H2,1-2H3,(H,23,27)(H,24,26)(H,25,28). The van der Waals surface area contributed by atoms with Gasteiger partial charge in [-0.2, -0.15) is 0 Å². The van der Waals surface area contributed by atoms with Crippen LogP contribution in [-0.4, -0.2) is 31.4 Å². The molecule has 0 aliphatic carbocycles. The molecule has 0 atom stereocenters. The van der Waals surface area contributed by atoms with Crippen LogP contribution >= 0.6 is 0 Å². The van der Waals surface area contributed by atoms with Crippen LogP contribution in [0.1, 0.15) is 42.1 Å². The summed E-state index contributed by atoms with van der Waals surface area (Å²) in [6.07, 6.45) is 2.83. The molecule has 0 aliphatic rings. The molecular weight excluding hydrogens is 370 g/mol. The summed E-state index contributed by atoms with van der Waals surface area (Å²) in [5, 5.41) is 7.91. The summed E-state index contributed by atoms with van der Waals surface area (Å²) in [6.45, 7) is 2.81. The van der Waals surface area contributed by atoms with Gasteiger partial charge in [-0.05, 0) is 36.2 Å². The normalized spacial score (nSPS) is 10.1. The number of nitrogens with one attached hydrogen (secondary N) is 3. The van der Waals surface area contributed by atoms with Crippen molar-refractivity contribution in [3.05, 3.63) is 59.7 Å². The molecule has 0 saturated heterocycles. The maximum Gasteiger partial charge on any atom is 0.313 e. The van der Waals surface area contributed by atoms with Crippen molar-refractivity contribution >= 4 is 23.4 Å². The zero-order valence-electron chi connectivity index (χ0n) is 16.8. The molecule has 0 fully saturated rings. The fourth-order valence-electron chi connectivity index (χ4n) is 2.69. The molecule has 0 saturated carbocycles. The van der Waals surface area contributed by atoms with Gasteiger partial charge in [-0.1, -0.05) is 44.0 Å². The first-order valence-corrected chi connectivity index (χ1v) is 9.64. The molecule has 0 aliphatic heterocycles. The van der Waals surface area contributed by atoms with Crippen molar-refractivity contribution in [1.82, 2.24) is 10.6 Å². The predicted octanol–water partition coefficient (Wildman–Crippen LogP) is 2.87. The Hall–Kier alpha value is -3.35. The second-order valence-electron chi connectivity index (χ2n) is 6.50. The highest BCUT2D eigenvalue weighted by Crippen LogP contribution is 2.16. The summed E-state index contributed by atoms with van der Waals surface area (Å²) >= 11 is 0. The fraction of sp³-hybridized carbons (Fsp3) is 0.318. The molecule has 0 spiro atoms. The van der Waals surface area contributed by atoms with Gasteiger partial charge in [0.15, 0.2) is 0 Å². The number of rotatable bonds is 9. The molecule has 0 heterocycles. The molecular formula is C22H27N3O4. The van der Waals surface area contributed by atoms with Gasteiger partial charge in [0, 0.05) is 13.1 Å². The van der Waals surface area contributed by atoms with Gasteiger partial charge in [0.05, 0.1) is 18.4 Å². The van der Waals surface area contributed by atoms with E-state index in [-0.39, 0.29) is 17.2 Å². The van der Waals surface area contributed by atoms with Crippen LogP contribution in [0, 0.1) is 0 Å². The molecule has 2 aromatic rings. The van der Waals surface area contributed by atoms with Gasteiger partial charge in [0.25, 0.3) is 5.91 Å². The molecule has 0 unspecified atom stereocenters. The van der Waals surface area contributed by atoms with Gasteiger partial charge >= 0.3 is 11.8 Å². The summed E-state index contributed by atoms with van der Waals surface area (Å²) in [5.41, 5.74) is 1.44. The van der Waals surface area contributed by atoms with Crippen molar-refractivity contribution < 1.29 is 19.1 Å². The molecule has 0 bridgehead atoms. The molecule has 154 valence electrons. The van der Waals surface area contributed by atoms with E-state index in [1.54, 1.807) is 31.4 Å². The van der Waals surface area contributed by atoms with Crippen LogP contribution < -0.4 is 20.7 Å². The van der Waals surface area contributed by atoms with Crippen LogP contribution in [0.15, 0.2) is 48.5 Å². The molecule has 0 aromatic heterocycles. The van der Waals surface area contributed by atoms with E-state index in [4.69, 9.17) is 4.74 Å². The van der Waals surface area contributed by atoms with Crippen LogP contribution in [0.4, 0.5) is 5.69 Å². The van der Waals surface area contributed by atoms with Gasteiger partial charge in [-0.25, -0.2) is 0 Å². The minimum atomic E-state index is -0.797. The minimum absolute atomic E-state index is 0.280. The highest BCUT2D eigenvalue weighted by atomic mass is 16.5. The molecule has 7 nitrogen and oxygen atoms in total. The Morgan fingerprint density at radius 3 is 2.48 bits per heavy atom. The number of benzene rings is 2. The SMILES string of the molecule is CCCCCNC(=O)C(=O)Nc1ccccc1C(=O)NCc1cccc(OC)c1. The Kier molecular flexibility index (Phi) is 8.69. The lowest BCUT2D eigenvalue weighted by molar-refractivity contribution is -0.136. The van der Waals surface area contributed by atoms with Gasteiger partial charge < -0.3 is 20.7 Å². The number of methoxy groups -OCH3 is 1. The first-order valence-electron chi connectivity index (χ1n) is 9.64. The Morgan fingerprint density at radius 2 is 1.72 bits per heavy atom. The summed E-state index contributed by atoms with van der Waals surface area (Å²) in [4.78, 5) is 36.7. The van der Waals surface area contributed by atoms with Gasteiger partial charge in [0.2, 0.25) is 0 Å². The number of carbonyl (C=O) groups excluding carboxylic acids is 3. The molecule has 3 amide bonds. The Morgan fingerprint density at radius 1 is 0.931 bits per heavy atom. The van der Waals surface area contributed by atoms with E-state index in [2.05, 4.69) is 22.9 Å². The largest absolute Gasteiger partial charge is 0.497 e. The minimum Gasteiger partial charge on any atom is -0.497 e. The lowest BCUT2D eigenvalue weighted by Gasteiger charge is -2.12. The van der Waals surface area contributed by atoms with E-state index < -0.39 is 11.8 Å². The maximum atomic E-state index is 12.6.